The van der Waals surface area contributed by atoms with Crippen molar-refractivity contribution < 1.29 is 14.3 Å². The third-order valence-corrected chi connectivity index (χ3v) is 2.55. The second-order valence-corrected chi connectivity index (χ2v) is 4.15. The number of ether oxygens (including phenoxy) is 1. The van der Waals surface area contributed by atoms with Crippen LogP contribution in [0.4, 0.5) is 0 Å². The average molecular weight is 297 g/mol. The molecular formula is C10H8Cl3NO3. The van der Waals surface area contributed by atoms with E-state index >= 15 is 0 Å². The highest BCUT2D eigenvalue weighted by Gasteiger charge is 2.20. The van der Waals surface area contributed by atoms with Gasteiger partial charge in [0.05, 0.1) is 17.2 Å². The maximum Gasteiger partial charge on any atom is 0.313 e. The molecule has 1 rings (SSSR count). The van der Waals surface area contributed by atoms with Gasteiger partial charge in [0.2, 0.25) is 0 Å². The number of carbonyl (C=O) groups is 2. The number of Topliss-reactive ketones (excluding diaryl/α,β-unsaturated/α-hetero) is 1. The average Bonchev–Trinajstić information content (AvgIpc) is 2.15. The van der Waals surface area contributed by atoms with Crippen molar-refractivity contribution >= 4 is 46.6 Å². The minimum Gasteiger partial charge on any atom is -0.466 e. The molecule has 0 fully saturated rings. The van der Waals surface area contributed by atoms with Crippen molar-refractivity contribution in [3.05, 3.63) is 27.0 Å². The van der Waals surface area contributed by atoms with E-state index in [1.807, 2.05) is 0 Å². The van der Waals surface area contributed by atoms with E-state index in [1.165, 1.54) is 6.07 Å². The van der Waals surface area contributed by atoms with Crippen molar-refractivity contribution in [1.82, 2.24) is 4.98 Å². The van der Waals surface area contributed by atoms with E-state index in [0.717, 1.165) is 0 Å². The van der Waals surface area contributed by atoms with Gasteiger partial charge >= 0.3 is 5.97 Å². The molecule has 92 valence electrons. The summed E-state index contributed by atoms with van der Waals surface area (Å²) in [5, 5.41) is 0.00813. The van der Waals surface area contributed by atoms with Crippen molar-refractivity contribution in [3.8, 4) is 0 Å². The van der Waals surface area contributed by atoms with Crippen LogP contribution in [0.3, 0.4) is 0 Å². The predicted octanol–water partition coefficient (Wildman–Crippen LogP) is 3.18. The Morgan fingerprint density at radius 3 is 2.53 bits per heavy atom. The molecule has 0 amide bonds. The molecule has 0 N–H and O–H groups in total. The second-order valence-electron chi connectivity index (χ2n) is 3.00. The quantitative estimate of drug-likeness (QED) is 0.370. The van der Waals surface area contributed by atoms with Gasteiger partial charge in [-0.2, -0.15) is 0 Å². The molecular weight excluding hydrogens is 288 g/mol. The number of aromatic nitrogens is 1. The normalized spacial score (nSPS) is 10.1. The summed E-state index contributed by atoms with van der Waals surface area (Å²) in [4.78, 5) is 26.6. The lowest BCUT2D eigenvalue weighted by atomic mass is 10.1. The van der Waals surface area contributed by atoms with Gasteiger partial charge in [-0.3, -0.25) is 9.59 Å². The molecule has 1 heterocycles. The predicted molar refractivity (Wildman–Crippen MR) is 64.8 cm³/mol. The summed E-state index contributed by atoms with van der Waals surface area (Å²) in [6, 6.07) is 1.29. The van der Waals surface area contributed by atoms with Crippen molar-refractivity contribution in [2.24, 2.45) is 0 Å². The van der Waals surface area contributed by atoms with Crippen molar-refractivity contribution in [1.29, 1.82) is 0 Å². The molecule has 1 aromatic heterocycles. The van der Waals surface area contributed by atoms with Gasteiger partial charge < -0.3 is 4.74 Å². The standard InChI is InChI=1S/C10H8Cl3NO3/c1-2-17-8(16)4-6(15)9-5(11)3-7(12)14-10(9)13/h3H,2,4H2,1H3. The largest absolute Gasteiger partial charge is 0.466 e. The first-order valence-corrected chi connectivity index (χ1v) is 5.79. The lowest BCUT2D eigenvalue weighted by Gasteiger charge is -2.05. The zero-order valence-electron chi connectivity index (χ0n) is 8.80. The van der Waals surface area contributed by atoms with E-state index in [1.54, 1.807) is 6.92 Å². The van der Waals surface area contributed by atoms with E-state index in [-0.39, 0.29) is 27.5 Å². The smallest absolute Gasteiger partial charge is 0.313 e. The van der Waals surface area contributed by atoms with Crippen LogP contribution in [-0.2, 0) is 9.53 Å². The highest BCUT2D eigenvalue weighted by atomic mass is 35.5. The summed E-state index contributed by atoms with van der Waals surface area (Å²) >= 11 is 17.1. The van der Waals surface area contributed by atoms with E-state index in [4.69, 9.17) is 34.8 Å². The molecule has 0 saturated carbocycles. The Kier molecular flexibility index (Phi) is 5.18. The summed E-state index contributed by atoms with van der Waals surface area (Å²) in [6.45, 7) is 1.85. The third kappa shape index (κ3) is 3.84. The molecule has 0 spiro atoms. The third-order valence-electron chi connectivity index (χ3n) is 1.78. The summed E-state index contributed by atoms with van der Waals surface area (Å²) in [7, 11) is 0. The molecule has 0 bridgehead atoms. The first kappa shape index (κ1) is 14.2. The number of ketones is 1. The number of esters is 1. The number of halogens is 3. The Balaban J connectivity index is 2.93. The number of hydrogen-bond donors (Lipinski definition) is 0. The summed E-state index contributed by atoms with van der Waals surface area (Å²) in [5.74, 6) is -1.19. The summed E-state index contributed by atoms with van der Waals surface area (Å²) in [6.07, 6.45) is -0.434. The minimum atomic E-state index is -0.639. The lowest BCUT2D eigenvalue weighted by Crippen LogP contribution is -2.12. The maximum atomic E-state index is 11.7. The Morgan fingerprint density at radius 2 is 2.00 bits per heavy atom. The van der Waals surface area contributed by atoms with Gasteiger partial charge in [0.25, 0.3) is 0 Å². The first-order valence-electron chi connectivity index (χ1n) is 4.66. The summed E-state index contributed by atoms with van der Waals surface area (Å²) < 4.78 is 4.65. The van der Waals surface area contributed by atoms with Gasteiger partial charge in [0.15, 0.2) is 5.78 Å². The fourth-order valence-electron chi connectivity index (χ4n) is 1.14. The van der Waals surface area contributed by atoms with Crippen molar-refractivity contribution in [2.45, 2.75) is 13.3 Å². The Hall–Kier alpha value is -0.840. The van der Waals surface area contributed by atoms with Crippen LogP contribution in [0.5, 0.6) is 0 Å². The van der Waals surface area contributed by atoms with Gasteiger partial charge in [-0.1, -0.05) is 34.8 Å². The van der Waals surface area contributed by atoms with Crippen LogP contribution >= 0.6 is 34.8 Å². The van der Waals surface area contributed by atoms with Crippen LogP contribution in [0, 0.1) is 0 Å². The number of carbonyl (C=O) groups excluding carboxylic acids is 2. The van der Waals surface area contributed by atoms with Gasteiger partial charge in [-0.05, 0) is 13.0 Å². The SMILES string of the molecule is CCOC(=O)CC(=O)c1c(Cl)cc(Cl)nc1Cl. The molecule has 0 atom stereocenters. The van der Waals surface area contributed by atoms with Gasteiger partial charge in [-0.15, -0.1) is 0 Å². The Bertz CT molecular complexity index is 439. The molecule has 0 saturated heterocycles. The zero-order valence-corrected chi connectivity index (χ0v) is 11.1. The Labute approximate surface area is 113 Å². The molecule has 0 unspecified atom stereocenters. The van der Waals surface area contributed by atoms with E-state index in [0.29, 0.717) is 0 Å². The highest BCUT2D eigenvalue weighted by molar-refractivity contribution is 6.41. The van der Waals surface area contributed by atoms with Crippen molar-refractivity contribution in [3.63, 3.8) is 0 Å². The molecule has 0 aliphatic heterocycles. The lowest BCUT2D eigenvalue weighted by molar-refractivity contribution is -0.141. The van der Waals surface area contributed by atoms with Gasteiger partial charge in [-0.25, -0.2) is 4.98 Å². The van der Waals surface area contributed by atoms with Gasteiger partial charge in [0, 0.05) is 0 Å². The molecule has 7 heteroatoms. The number of rotatable bonds is 4. The van der Waals surface area contributed by atoms with E-state index in [2.05, 4.69) is 9.72 Å². The fourth-order valence-corrected chi connectivity index (χ4v) is 2.07. The molecule has 0 aromatic carbocycles. The maximum absolute atomic E-state index is 11.7. The molecule has 4 nitrogen and oxygen atoms in total. The van der Waals surface area contributed by atoms with Crippen molar-refractivity contribution in [2.75, 3.05) is 6.61 Å². The van der Waals surface area contributed by atoms with Crippen LogP contribution < -0.4 is 0 Å². The highest BCUT2D eigenvalue weighted by Crippen LogP contribution is 2.27. The molecule has 0 radical (unpaired) electrons. The Morgan fingerprint density at radius 1 is 1.35 bits per heavy atom. The number of pyridine rings is 1. The minimum absolute atomic E-state index is 0.0224. The molecule has 0 aliphatic carbocycles. The van der Waals surface area contributed by atoms with Crippen LogP contribution in [0.25, 0.3) is 0 Å². The monoisotopic (exact) mass is 295 g/mol. The van der Waals surface area contributed by atoms with Crippen LogP contribution in [0.15, 0.2) is 6.07 Å². The molecule has 17 heavy (non-hydrogen) atoms. The van der Waals surface area contributed by atoms with E-state index in [9.17, 15) is 9.59 Å². The summed E-state index contributed by atoms with van der Waals surface area (Å²) in [5.41, 5.74) is -0.0224. The number of hydrogen-bond acceptors (Lipinski definition) is 4. The fraction of sp³-hybridized carbons (Fsp3) is 0.300. The molecule has 1 aromatic rings. The van der Waals surface area contributed by atoms with Crippen LogP contribution in [0.1, 0.15) is 23.7 Å². The topological polar surface area (TPSA) is 56.3 Å². The zero-order chi connectivity index (χ0) is 13.0. The van der Waals surface area contributed by atoms with Gasteiger partial charge in [0.1, 0.15) is 16.7 Å². The van der Waals surface area contributed by atoms with E-state index < -0.39 is 18.2 Å². The number of nitrogens with zero attached hydrogens (tertiary/aromatic N) is 1. The molecule has 0 aliphatic rings. The second kappa shape index (κ2) is 6.19. The van der Waals surface area contributed by atoms with Crippen LogP contribution in [-0.4, -0.2) is 23.3 Å². The van der Waals surface area contributed by atoms with Crippen LogP contribution in [0.2, 0.25) is 15.3 Å². The first-order chi connectivity index (χ1) is 7.95.